The Hall–Kier alpha value is -0.710. The lowest BCUT2D eigenvalue weighted by atomic mass is 10.3. The van der Waals surface area contributed by atoms with Gasteiger partial charge < -0.3 is 0 Å². The fourth-order valence-electron chi connectivity index (χ4n) is 0.438. The predicted octanol–water partition coefficient (Wildman–Crippen LogP) is 0.967. The summed E-state index contributed by atoms with van der Waals surface area (Å²) < 4.78 is 34.7. The van der Waals surface area contributed by atoms with Gasteiger partial charge in [-0.1, -0.05) is 0 Å². The molecule has 0 aromatic heterocycles. The van der Waals surface area contributed by atoms with Crippen molar-refractivity contribution in [3.63, 3.8) is 0 Å². The minimum Gasteiger partial charge on any atom is -0.274 e. The van der Waals surface area contributed by atoms with E-state index in [1.165, 1.54) is 0 Å². The molecular weight excluding hydrogens is 135 g/mol. The molecule has 0 spiro atoms. The third-order valence-corrected chi connectivity index (χ3v) is 0.908. The zero-order valence-corrected chi connectivity index (χ0v) is 4.33. The van der Waals surface area contributed by atoms with Crippen molar-refractivity contribution in [3.8, 4) is 0 Å². The fourth-order valence-corrected chi connectivity index (χ4v) is 0.438. The summed E-state index contributed by atoms with van der Waals surface area (Å²) in [6.07, 6.45) is -3.44. The molecular formula is C4H4F3NO. The van der Waals surface area contributed by atoms with Crippen LogP contribution in [0, 0.1) is 0 Å². The second kappa shape index (κ2) is 1.91. The predicted molar refractivity (Wildman–Crippen MR) is 23.2 cm³/mol. The number of hydroxylamine groups is 1. The first-order valence-electron chi connectivity index (χ1n) is 2.24. The maximum atomic E-state index is 11.6. The van der Waals surface area contributed by atoms with Crippen LogP contribution in [0.2, 0.25) is 0 Å². The Kier molecular flexibility index (Phi) is 1.36. The van der Waals surface area contributed by atoms with Gasteiger partial charge in [0.25, 0.3) is 0 Å². The Morgan fingerprint density at radius 3 is 2.44 bits per heavy atom. The number of hydrogen-bond acceptors (Lipinski definition) is 2. The number of alkyl halides is 3. The van der Waals surface area contributed by atoms with Gasteiger partial charge in [0.15, 0.2) is 0 Å². The summed E-state index contributed by atoms with van der Waals surface area (Å²) in [6, 6.07) is 0. The van der Waals surface area contributed by atoms with E-state index < -0.39 is 18.4 Å². The van der Waals surface area contributed by atoms with Crippen molar-refractivity contribution >= 4 is 0 Å². The van der Waals surface area contributed by atoms with Gasteiger partial charge in [-0.2, -0.15) is 13.2 Å². The molecule has 1 aliphatic rings. The number of hydrogen-bond donors (Lipinski definition) is 1. The summed E-state index contributed by atoms with van der Waals surface area (Å²) in [5.41, 5.74) is 1.32. The Bertz CT molecular complexity index is 139. The first-order chi connectivity index (χ1) is 4.11. The Labute approximate surface area is 49.3 Å². The van der Waals surface area contributed by atoms with Crippen LogP contribution in [-0.2, 0) is 4.84 Å². The molecule has 0 unspecified atom stereocenters. The summed E-state index contributed by atoms with van der Waals surface area (Å²) in [7, 11) is 0. The molecule has 2 nitrogen and oxygen atoms in total. The molecule has 1 heterocycles. The molecule has 52 valence electrons. The zero-order chi connectivity index (χ0) is 6.91. The molecule has 0 bridgehead atoms. The van der Waals surface area contributed by atoms with E-state index in [0.29, 0.717) is 0 Å². The maximum Gasteiger partial charge on any atom is 0.416 e. The summed E-state index contributed by atoms with van der Waals surface area (Å²) in [5, 5.41) is 0. The van der Waals surface area contributed by atoms with Gasteiger partial charge in [0.05, 0.1) is 5.57 Å². The lowest BCUT2D eigenvalue weighted by Crippen LogP contribution is -2.12. The molecule has 5 heteroatoms. The topological polar surface area (TPSA) is 21.3 Å². The third kappa shape index (κ3) is 1.35. The van der Waals surface area contributed by atoms with Gasteiger partial charge in [-0.3, -0.25) is 10.3 Å². The molecule has 0 radical (unpaired) electrons. The van der Waals surface area contributed by atoms with Crippen LogP contribution in [0.4, 0.5) is 13.2 Å². The molecule has 9 heavy (non-hydrogen) atoms. The summed E-state index contributed by atoms with van der Waals surface area (Å²) in [6.45, 7) is -0.399. The molecule has 0 aromatic rings. The van der Waals surface area contributed by atoms with E-state index in [-0.39, 0.29) is 0 Å². The monoisotopic (exact) mass is 139 g/mol. The highest BCUT2D eigenvalue weighted by Crippen LogP contribution is 2.26. The molecule has 1 rings (SSSR count). The molecule has 0 fully saturated rings. The summed E-state index contributed by atoms with van der Waals surface area (Å²) in [4.78, 5) is 4.22. The van der Waals surface area contributed by atoms with Crippen LogP contribution in [-0.4, -0.2) is 12.8 Å². The van der Waals surface area contributed by atoms with Gasteiger partial charge in [-0.05, 0) is 0 Å². The van der Waals surface area contributed by atoms with E-state index >= 15 is 0 Å². The highest BCUT2D eigenvalue weighted by Gasteiger charge is 2.35. The van der Waals surface area contributed by atoms with E-state index in [9.17, 15) is 13.2 Å². The molecule has 1 aliphatic heterocycles. The summed E-state index contributed by atoms with van der Waals surface area (Å²) >= 11 is 0. The van der Waals surface area contributed by atoms with Gasteiger partial charge in [-0.25, -0.2) is 0 Å². The average molecular weight is 139 g/mol. The SMILES string of the molecule is FC(F)(F)C1=CNOC1. The van der Waals surface area contributed by atoms with Gasteiger partial charge in [0, 0.05) is 6.20 Å². The lowest BCUT2D eigenvalue weighted by molar-refractivity contribution is -0.0969. The number of halogens is 3. The second-order valence-electron chi connectivity index (χ2n) is 1.57. The van der Waals surface area contributed by atoms with Crippen LogP contribution in [0.3, 0.4) is 0 Å². The van der Waals surface area contributed by atoms with E-state index in [1.807, 2.05) is 5.48 Å². The largest absolute Gasteiger partial charge is 0.416 e. The highest BCUT2D eigenvalue weighted by molar-refractivity contribution is 5.09. The maximum absolute atomic E-state index is 11.6. The van der Waals surface area contributed by atoms with E-state index in [0.717, 1.165) is 6.20 Å². The summed E-state index contributed by atoms with van der Waals surface area (Å²) in [5.74, 6) is 0. The van der Waals surface area contributed by atoms with Crippen molar-refractivity contribution in [1.82, 2.24) is 5.48 Å². The van der Waals surface area contributed by atoms with Crippen LogP contribution in [0.25, 0.3) is 0 Å². The number of nitrogens with one attached hydrogen (secondary N) is 1. The molecule has 0 saturated carbocycles. The third-order valence-electron chi connectivity index (χ3n) is 0.908. The standard InChI is InChI=1S/C4H4F3NO/c5-4(6,7)3-1-8-9-2-3/h1,8H,2H2. The van der Waals surface area contributed by atoms with Crippen LogP contribution in [0.15, 0.2) is 11.8 Å². The van der Waals surface area contributed by atoms with Crippen LogP contribution >= 0.6 is 0 Å². The van der Waals surface area contributed by atoms with Crippen molar-refractivity contribution in [2.45, 2.75) is 6.18 Å². The van der Waals surface area contributed by atoms with Gasteiger partial charge >= 0.3 is 6.18 Å². The van der Waals surface area contributed by atoms with Crippen molar-refractivity contribution in [3.05, 3.63) is 11.8 Å². The minimum absolute atomic E-state index is 0.399. The van der Waals surface area contributed by atoms with Gasteiger partial charge in [-0.15, -0.1) is 0 Å². The molecule has 0 amide bonds. The Morgan fingerprint density at radius 2 is 2.22 bits per heavy atom. The van der Waals surface area contributed by atoms with E-state index in [2.05, 4.69) is 4.84 Å². The number of rotatable bonds is 0. The molecule has 0 atom stereocenters. The van der Waals surface area contributed by atoms with Crippen LogP contribution in [0.1, 0.15) is 0 Å². The second-order valence-corrected chi connectivity index (χ2v) is 1.57. The van der Waals surface area contributed by atoms with Gasteiger partial charge in [0.1, 0.15) is 6.61 Å². The Balaban J connectivity index is 2.61. The zero-order valence-electron chi connectivity index (χ0n) is 4.33. The minimum atomic E-state index is -4.25. The van der Waals surface area contributed by atoms with Crippen molar-refractivity contribution in [2.24, 2.45) is 0 Å². The van der Waals surface area contributed by atoms with Crippen molar-refractivity contribution in [1.29, 1.82) is 0 Å². The fraction of sp³-hybridized carbons (Fsp3) is 0.500. The molecule has 0 aliphatic carbocycles. The normalized spacial score (nSPS) is 19.2. The van der Waals surface area contributed by atoms with E-state index in [1.54, 1.807) is 0 Å². The average Bonchev–Trinajstić information content (AvgIpc) is 2.08. The molecule has 0 saturated heterocycles. The van der Waals surface area contributed by atoms with E-state index in [4.69, 9.17) is 0 Å². The van der Waals surface area contributed by atoms with Crippen LogP contribution < -0.4 is 5.48 Å². The molecule has 1 N–H and O–H groups in total. The van der Waals surface area contributed by atoms with Crippen molar-refractivity contribution in [2.75, 3.05) is 6.61 Å². The van der Waals surface area contributed by atoms with Crippen LogP contribution in [0.5, 0.6) is 0 Å². The van der Waals surface area contributed by atoms with Crippen molar-refractivity contribution < 1.29 is 18.0 Å². The lowest BCUT2D eigenvalue weighted by Gasteiger charge is -2.02. The Morgan fingerprint density at radius 1 is 1.56 bits per heavy atom. The smallest absolute Gasteiger partial charge is 0.274 e. The molecule has 0 aromatic carbocycles. The highest BCUT2D eigenvalue weighted by atomic mass is 19.4. The van der Waals surface area contributed by atoms with Gasteiger partial charge in [0.2, 0.25) is 0 Å². The quantitative estimate of drug-likeness (QED) is 0.539. The first kappa shape index (κ1) is 6.41. The first-order valence-corrected chi connectivity index (χ1v) is 2.24.